The van der Waals surface area contributed by atoms with Gasteiger partial charge in [0, 0.05) is 18.3 Å². The molecule has 2 N–H and O–H groups in total. The van der Waals surface area contributed by atoms with Crippen LogP contribution in [0.2, 0.25) is 0 Å². The average molecular weight is 340 g/mol. The lowest BCUT2D eigenvalue weighted by atomic mass is 10.1. The van der Waals surface area contributed by atoms with E-state index in [-0.39, 0.29) is 11.8 Å². The maximum Gasteiger partial charge on any atom is 0.259 e. The van der Waals surface area contributed by atoms with Crippen molar-refractivity contribution in [3.05, 3.63) is 54.1 Å². The molecule has 2 amide bonds. The van der Waals surface area contributed by atoms with Crippen LogP contribution in [0.15, 0.2) is 48.5 Å². The third-order valence-electron chi connectivity index (χ3n) is 3.60. The zero-order chi connectivity index (χ0) is 18.1. The quantitative estimate of drug-likeness (QED) is 0.697. The fourth-order valence-electron chi connectivity index (χ4n) is 2.35. The molecule has 0 bridgehead atoms. The van der Waals surface area contributed by atoms with Gasteiger partial charge in [-0.25, -0.2) is 0 Å². The van der Waals surface area contributed by atoms with Crippen LogP contribution in [-0.2, 0) is 4.79 Å². The average Bonchev–Trinajstić information content (AvgIpc) is 2.60. The molecule has 2 aromatic rings. The first-order valence-electron chi connectivity index (χ1n) is 8.51. The first-order chi connectivity index (χ1) is 12.1. The molecule has 0 aliphatic carbocycles. The number of ether oxygens (including phenoxy) is 1. The normalized spacial score (nSPS) is 10.2. The maximum absolute atomic E-state index is 12.5. The Hall–Kier alpha value is -2.82. The Bertz CT molecular complexity index is 711. The van der Waals surface area contributed by atoms with Gasteiger partial charge in [-0.3, -0.25) is 9.59 Å². The van der Waals surface area contributed by atoms with Gasteiger partial charge in [0.15, 0.2) is 0 Å². The van der Waals surface area contributed by atoms with Gasteiger partial charge in [0.05, 0.1) is 12.2 Å². The van der Waals surface area contributed by atoms with Crippen molar-refractivity contribution < 1.29 is 14.3 Å². The number of nitrogens with one attached hydrogen (secondary N) is 2. The number of hydrogen-bond donors (Lipinski definition) is 2. The highest BCUT2D eigenvalue weighted by molar-refractivity contribution is 6.06. The Morgan fingerprint density at radius 2 is 1.56 bits per heavy atom. The second-order valence-corrected chi connectivity index (χ2v) is 5.76. The summed E-state index contributed by atoms with van der Waals surface area (Å²) in [7, 11) is 0. The molecule has 0 radical (unpaired) electrons. The van der Waals surface area contributed by atoms with Crippen molar-refractivity contribution >= 4 is 23.2 Å². The van der Waals surface area contributed by atoms with E-state index in [1.807, 2.05) is 12.1 Å². The van der Waals surface area contributed by atoms with Crippen LogP contribution in [0.4, 0.5) is 11.4 Å². The molecule has 25 heavy (non-hydrogen) atoms. The first kappa shape index (κ1) is 18.5. The summed E-state index contributed by atoms with van der Waals surface area (Å²) in [5.41, 5.74) is 1.84. The molecule has 0 atom stereocenters. The molecule has 0 saturated heterocycles. The fraction of sp³-hybridized carbons (Fsp3) is 0.300. The molecule has 2 aromatic carbocycles. The number of carbonyl (C=O) groups is 2. The molecule has 0 spiro atoms. The SMILES string of the molecule is CCCCCOc1ccccc1C(=O)Nc1ccc(NC(C)=O)cc1. The van der Waals surface area contributed by atoms with Crippen LogP contribution in [0, 0.1) is 0 Å². The van der Waals surface area contributed by atoms with Gasteiger partial charge in [0.1, 0.15) is 5.75 Å². The fourth-order valence-corrected chi connectivity index (χ4v) is 2.35. The van der Waals surface area contributed by atoms with Crippen LogP contribution in [0.1, 0.15) is 43.5 Å². The van der Waals surface area contributed by atoms with Crippen molar-refractivity contribution in [1.82, 2.24) is 0 Å². The van der Waals surface area contributed by atoms with E-state index in [4.69, 9.17) is 4.74 Å². The summed E-state index contributed by atoms with van der Waals surface area (Å²) in [6.45, 7) is 4.19. The number of benzene rings is 2. The van der Waals surface area contributed by atoms with Gasteiger partial charge >= 0.3 is 0 Å². The van der Waals surface area contributed by atoms with E-state index in [0.29, 0.717) is 29.3 Å². The van der Waals surface area contributed by atoms with Gasteiger partial charge in [-0.15, -0.1) is 0 Å². The Morgan fingerprint density at radius 3 is 2.20 bits per heavy atom. The lowest BCUT2D eigenvalue weighted by Crippen LogP contribution is -2.14. The number of rotatable bonds is 8. The third kappa shape index (κ3) is 5.95. The van der Waals surface area contributed by atoms with E-state index < -0.39 is 0 Å². The highest BCUT2D eigenvalue weighted by Gasteiger charge is 2.12. The number of hydrogen-bond acceptors (Lipinski definition) is 3. The van der Waals surface area contributed by atoms with Crippen molar-refractivity contribution in [2.75, 3.05) is 17.2 Å². The van der Waals surface area contributed by atoms with Gasteiger partial charge in [0.25, 0.3) is 5.91 Å². The maximum atomic E-state index is 12.5. The number of para-hydroxylation sites is 1. The molecule has 2 rings (SSSR count). The Balaban J connectivity index is 2.01. The second kappa shape index (κ2) is 9.47. The zero-order valence-electron chi connectivity index (χ0n) is 14.7. The van der Waals surface area contributed by atoms with Crippen LogP contribution in [-0.4, -0.2) is 18.4 Å². The Morgan fingerprint density at radius 1 is 0.920 bits per heavy atom. The Kier molecular flexibility index (Phi) is 7.01. The number of anilines is 2. The largest absolute Gasteiger partial charge is 0.493 e. The summed E-state index contributed by atoms with van der Waals surface area (Å²) in [6.07, 6.45) is 3.20. The summed E-state index contributed by atoms with van der Waals surface area (Å²) in [6, 6.07) is 14.2. The van der Waals surface area contributed by atoms with Crippen molar-refractivity contribution in [3.63, 3.8) is 0 Å². The number of unbranched alkanes of at least 4 members (excludes halogenated alkanes) is 2. The van der Waals surface area contributed by atoms with Gasteiger partial charge in [-0.1, -0.05) is 31.9 Å². The predicted octanol–water partition coefficient (Wildman–Crippen LogP) is 4.47. The van der Waals surface area contributed by atoms with Gasteiger partial charge < -0.3 is 15.4 Å². The minimum atomic E-state index is -0.224. The van der Waals surface area contributed by atoms with E-state index in [0.717, 1.165) is 19.3 Å². The smallest absolute Gasteiger partial charge is 0.259 e. The summed E-state index contributed by atoms with van der Waals surface area (Å²) in [5.74, 6) is 0.232. The van der Waals surface area contributed by atoms with Crippen molar-refractivity contribution in [2.45, 2.75) is 33.1 Å². The molecular weight excluding hydrogens is 316 g/mol. The van der Waals surface area contributed by atoms with E-state index in [1.54, 1.807) is 36.4 Å². The molecule has 5 heteroatoms. The molecule has 132 valence electrons. The molecule has 0 fully saturated rings. The summed E-state index contributed by atoms with van der Waals surface area (Å²) < 4.78 is 5.75. The third-order valence-corrected chi connectivity index (χ3v) is 3.60. The number of amides is 2. The highest BCUT2D eigenvalue weighted by atomic mass is 16.5. The first-order valence-corrected chi connectivity index (χ1v) is 8.51. The van der Waals surface area contributed by atoms with Crippen molar-refractivity contribution in [3.8, 4) is 5.75 Å². The minimum Gasteiger partial charge on any atom is -0.493 e. The molecule has 0 aromatic heterocycles. The standard InChI is InChI=1S/C20H24N2O3/c1-3-4-7-14-25-19-9-6-5-8-18(19)20(24)22-17-12-10-16(11-13-17)21-15(2)23/h5-6,8-13H,3-4,7,14H2,1-2H3,(H,21,23)(H,22,24). The zero-order valence-corrected chi connectivity index (χ0v) is 14.7. The monoisotopic (exact) mass is 340 g/mol. The summed E-state index contributed by atoms with van der Waals surface area (Å²) >= 11 is 0. The second-order valence-electron chi connectivity index (χ2n) is 5.76. The molecule has 0 heterocycles. The van der Waals surface area contributed by atoms with Gasteiger partial charge in [-0.2, -0.15) is 0 Å². The molecule has 0 unspecified atom stereocenters. The summed E-state index contributed by atoms with van der Waals surface area (Å²) in [5, 5.41) is 5.54. The molecule has 5 nitrogen and oxygen atoms in total. The van der Waals surface area contributed by atoms with E-state index in [9.17, 15) is 9.59 Å². The topological polar surface area (TPSA) is 67.4 Å². The minimum absolute atomic E-state index is 0.133. The molecular formula is C20H24N2O3. The van der Waals surface area contributed by atoms with E-state index >= 15 is 0 Å². The predicted molar refractivity (Wildman–Crippen MR) is 100 cm³/mol. The summed E-state index contributed by atoms with van der Waals surface area (Å²) in [4.78, 5) is 23.6. The Labute approximate surface area is 148 Å². The van der Waals surface area contributed by atoms with Gasteiger partial charge in [-0.05, 0) is 42.8 Å². The van der Waals surface area contributed by atoms with Crippen molar-refractivity contribution in [1.29, 1.82) is 0 Å². The van der Waals surface area contributed by atoms with E-state index in [1.165, 1.54) is 6.92 Å². The van der Waals surface area contributed by atoms with E-state index in [2.05, 4.69) is 17.6 Å². The highest BCUT2D eigenvalue weighted by Crippen LogP contribution is 2.21. The number of carbonyl (C=O) groups excluding carboxylic acids is 2. The van der Waals surface area contributed by atoms with Crippen LogP contribution in [0.25, 0.3) is 0 Å². The molecule has 0 aliphatic rings. The van der Waals surface area contributed by atoms with Crippen molar-refractivity contribution in [2.24, 2.45) is 0 Å². The van der Waals surface area contributed by atoms with Crippen LogP contribution in [0.5, 0.6) is 5.75 Å². The van der Waals surface area contributed by atoms with Crippen LogP contribution < -0.4 is 15.4 Å². The lowest BCUT2D eigenvalue weighted by molar-refractivity contribution is -0.114. The van der Waals surface area contributed by atoms with Gasteiger partial charge in [0.2, 0.25) is 5.91 Å². The van der Waals surface area contributed by atoms with Crippen LogP contribution >= 0.6 is 0 Å². The van der Waals surface area contributed by atoms with Crippen LogP contribution in [0.3, 0.4) is 0 Å². The lowest BCUT2D eigenvalue weighted by Gasteiger charge is -2.12. The molecule has 0 aliphatic heterocycles. The molecule has 0 saturated carbocycles.